The van der Waals surface area contributed by atoms with Gasteiger partial charge in [0.2, 0.25) is 11.8 Å². The first-order chi connectivity index (χ1) is 8.63. The van der Waals surface area contributed by atoms with Gasteiger partial charge in [0, 0.05) is 18.3 Å². The van der Waals surface area contributed by atoms with E-state index in [4.69, 9.17) is 9.84 Å². The predicted molar refractivity (Wildman–Crippen MR) is 67.6 cm³/mol. The van der Waals surface area contributed by atoms with E-state index in [9.17, 15) is 9.59 Å². The van der Waals surface area contributed by atoms with Crippen molar-refractivity contribution in [2.45, 2.75) is 6.54 Å². The van der Waals surface area contributed by atoms with E-state index in [1.807, 2.05) is 0 Å². The van der Waals surface area contributed by atoms with Crippen LogP contribution in [0.15, 0.2) is 18.3 Å². The Kier molecular flexibility index (Phi) is 5.99. The largest absolute Gasteiger partial charge is 0.481 e. The summed E-state index contributed by atoms with van der Waals surface area (Å²) in [5.74, 6) is -0.636. The average molecular weight is 270 g/mol. The summed E-state index contributed by atoms with van der Waals surface area (Å²) in [6, 6.07) is 3.56. The van der Waals surface area contributed by atoms with Crippen LogP contribution in [0.25, 0.3) is 0 Å². The van der Waals surface area contributed by atoms with Gasteiger partial charge in [-0.15, -0.1) is 11.8 Å². The molecule has 1 aromatic rings. The fourth-order valence-corrected chi connectivity index (χ4v) is 1.78. The van der Waals surface area contributed by atoms with Crippen molar-refractivity contribution in [3.05, 3.63) is 23.9 Å². The molecule has 0 atom stereocenters. The molecule has 0 saturated heterocycles. The van der Waals surface area contributed by atoms with Crippen LogP contribution in [0.2, 0.25) is 0 Å². The number of carboxylic acid groups (broad SMARTS) is 1. The van der Waals surface area contributed by atoms with E-state index < -0.39 is 5.97 Å². The number of pyridine rings is 1. The highest BCUT2D eigenvalue weighted by molar-refractivity contribution is 8.00. The van der Waals surface area contributed by atoms with Gasteiger partial charge in [-0.25, -0.2) is 4.98 Å². The van der Waals surface area contributed by atoms with Crippen LogP contribution in [0.5, 0.6) is 5.88 Å². The Morgan fingerprint density at radius 3 is 2.94 bits per heavy atom. The minimum Gasteiger partial charge on any atom is -0.481 e. The molecule has 0 bridgehead atoms. The van der Waals surface area contributed by atoms with Gasteiger partial charge in [0.15, 0.2) is 0 Å². The van der Waals surface area contributed by atoms with E-state index >= 15 is 0 Å². The number of nitrogens with zero attached hydrogens (tertiary/aromatic N) is 1. The molecule has 0 saturated carbocycles. The molecule has 0 aliphatic rings. The summed E-state index contributed by atoms with van der Waals surface area (Å²) in [5, 5.41) is 11.1. The van der Waals surface area contributed by atoms with E-state index in [1.165, 1.54) is 7.11 Å². The third-order valence-corrected chi connectivity index (χ3v) is 2.90. The van der Waals surface area contributed by atoms with E-state index in [2.05, 4.69) is 10.3 Å². The molecule has 6 nitrogen and oxygen atoms in total. The molecule has 18 heavy (non-hydrogen) atoms. The zero-order chi connectivity index (χ0) is 13.4. The lowest BCUT2D eigenvalue weighted by Gasteiger charge is -2.08. The number of carbonyl (C=O) groups excluding carboxylic acids is 1. The zero-order valence-corrected chi connectivity index (χ0v) is 10.7. The maximum absolute atomic E-state index is 11.4. The lowest BCUT2D eigenvalue weighted by molar-refractivity contribution is -0.133. The van der Waals surface area contributed by atoms with Gasteiger partial charge >= 0.3 is 5.97 Å². The summed E-state index contributed by atoms with van der Waals surface area (Å²) in [6.07, 6.45) is 1.60. The van der Waals surface area contributed by atoms with Gasteiger partial charge in [-0.1, -0.05) is 6.07 Å². The number of hydrogen-bond acceptors (Lipinski definition) is 5. The Labute approximate surface area is 109 Å². The number of methoxy groups -OCH3 is 1. The molecule has 0 aliphatic carbocycles. The van der Waals surface area contributed by atoms with Crippen LogP contribution in [0, 0.1) is 0 Å². The van der Waals surface area contributed by atoms with Crippen LogP contribution in [0.4, 0.5) is 0 Å². The summed E-state index contributed by atoms with van der Waals surface area (Å²) in [6.45, 7) is 0.309. The van der Waals surface area contributed by atoms with Crippen molar-refractivity contribution in [3.8, 4) is 5.88 Å². The van der Waals surface area contributed by atoms with Gasteiger partial charge in [-0.3, -0.25) is 9.59 Å². The lowest BCUT2D eigenvalue weighted by atomic mass is 10.2. The summed E-state index contributed by atoms with van der Waals surface area (Å²) in [7, 11) is 1.51. The maximum atomic E-state index is 11.4. The van der Waals surface area contributed by atoms with Crippen LogP contribution in [0.3, 0.4) is 0 Å². The number of hydrogen-bond donors (Lipinski definition) is 2. The van der Waals surface area contributed by atoms with Gasteiger partial charge in [-0.2, -0.15) is 0 Å². The molecule has 1 aromatic heterocycles. The Bertz CT molecular complexity index is 425. The van der Waals surface area contributed by atoms with Gasteiger partial charge in [0.05, 0.1) is 18.6 Å². The normalized spacial score (nSPS) is 9.83. The van der Waals surface area contributed by atoms with E-state index in [-0.39, 0.29) is 17.4 Å². The number of carbonyl (C=O) groups is 2. The van der Waals surface area contributed by atoms with Gasteiger partial charge in [-0.05, 0) is 6.07 Å². The van der Waals surface area contributed by atoms with E-state index in [0.717, 1.165) is 17.3 Å². The summed E-state index contributed by atoms with van der Waals surface area (Å²) >= 11 is 1.06. The molecule has 0 spiro atoms. The minimum atomic E-state index is -0.929. The second kappa shape index (κ2) is 7.54. The predicted octanol–water partition coefficient (Wildman–Crippen LogP) is 0.524. The van der Waals surface area contributed by atoms with Gasteiger partial charge in [0.1, 0.15) is 0 Å². The molecule has 98 valence electrons. The molecule has 7 heteroatoms. The molecule has 2 N–H and O–H groups in total. The Balaban J connectivity index is 2.35. The van der Waals surface area contributed by atoms with E-state index in [1.54, 1.807) is 18.3 Å². The number of thioether (sulfide) groups is 1. The molecule has 1 amide bonds. The summed E-state index contributed by atoms with van der Waals surface area (Å²) in [4.78, 5) is 25.7. The highest BCUT2D eigenvalue weighted by Crippen LogP contribution is 2.12. The molecule has 0 radical (unpaired) electrons. The first-order valence-electron chi connectivity index (χ1n) is 5.17. The monoisotopic (exact) mass is 270 g/mol. The molecule has 1 rings (SSSR count). The Morgan fingerprint density at radius 2 is 2.28 bits per heavy atom. The molecular formula is C11H14N2O4S. The van der Waals surface area contributed by atoms with Crippen LogP contribution in [0.1, 0.15) is 5.56 Å². The number of aromatic nitrogens is 1. The van der Waals surface area contributed by atoms with Crippen LogP contribution < -0.4 is 10.1 Å². The third kappa shape index (κ3) is 5.05. The molecule has 0 aliphatic heterocycles. The molecule has 0 fully saturated rings. The topological polar surface area (TPSA) is 88.5 Å². The summed E-state index contributed by atoms with van der Waals surface area (Å²) < 4.78 is 5.04. The van der Waals surface area contributed by atoms with E-state index in [0.29, 0.717) is 12.4 Å². The molecule has 0 aromatic carbocycles. The highest BCUT2D eigenvalue weighted by Gasteiger charge is 2.07. The minimum absolute atomic E-state index is 0.0797. The highest BCUT2D eigenvalue weighted by atomic mass is 32.2. The van der Waals surface area contributed by atoms with Crippen LogP contribution in [-0.2, 0) is 16.1 Å². The SMILES string of the molecule is COc1ncccc1CNC(=O)CSCC(=O)O. The van der Waals surface area contributed by atoms with Crippen LogP contribution in [-0.4, -0.2) is 40.6 Å². The second-order valence-corrected chi connectivity index (χ2v) is 4.32. The van der Waals surface area contributed by atoms with Crippen molar-refractivity contribution < 1.29 is 19.4 Å². The van der Waals surface area contributed by atoms with Crippen molar-refractivity contribution in [1.29, 1.82) is 0 Å². The number of amides is 1. The van der Waals surface area contributed by atoms with Crippen molar-refractivity contribution in [2.24, 2.45) is 0 Å². The Morgan fingerprint density at radius 1 is 1.50 bits per heavy atom. The molecule has 1 heterocycles. The Hall–Kier alpha value is -1.76. The quantitative estimate of drug-likeness (QED) is 0.751. The lowest BCUT2D eigenvalue weighted by Crippen LogP contribution is -2.25. The molecular weight excluding hydrogens is 256 g/mol. The van der Waals surface area contributed by atoms with Crippen LogP contribution >= 0.6 is 11.8 Å². The maximum Gasteiger partial charge on any atom is 0.313 e. The first kappa shape index (κ1) is 14.3. The zero-order valence-electron chi connectivity index (χ0n) is 9.88. The first-order valence-corrected chi connectivity index (χ1v) is 6.33. The number of ether oxygens (including phenoxy) is 1. The van der Waals surface area contributed by atoms with Gasteiger partial charge in [0.25, 0.3) is 0 Å². The van der Waals surface area contributed by atoms with Crippen molar-refractivity contribution in [1.82, 2.24) is 10.3 Å². The fraction of sp³-hybridized carbons (Fsp3) is 0.364. The summed E-state index contributed by atoms with van der Waals surface area (Å²) in [5.41, 5.74) is 0.775. The van der Waals surface area contributed by atoms with Crippen molar-refractivity contribution in [3.63, 3.8) is 0 Å². The van der Waals surface area contributed by atoms with Crippen molar-refractivity contribution in [2.75, 3.05) is 18.6 Å². The second-order valence-electron chi connectivity index (χ2n) is 3.34. The number of nitrogens with one attached hydrogen (secondary N) is 1. The number of rotatable bonds is 7. The number of carboxylic acids is 1. The molecule has 0 unspecified atom stereocenters. The van der Waals surface area contributed by atoms with Crippen molar-refractivity contribution >= 4 is 23.6 Å². The third-order valence-electron chi connectivity index (χ3n) is 1.98. The number of aliphatic carboxylic acids is 1. The smallest absolute Gasteiger partial charge is 0.313 e. The fourth-order valence-electron chi connectivity index (χ4n) is 1.22. The average Bonchev–Trinajstić information content (AvgIpc) is 2.36. The standard InChI is InChI=1S/C11H14N2O4S/c1-17-11-8(3-2-4-12-11)5-13-9(14)6-18-7-10(15)16/h2-4H,5-7H2,1H3,(H,13,14)(H,15,16). The van der Waals surface area contributed by atoms with Gasteiger partial charge < -0.3 is 15.2 Å².